The van der Waals surface area contributed by atoms with Crippen LogP contribution in [0.3, 0.4) is 0 Å². The van der Waals surface area contributed by atoms with Gasteiger partial charge < -0.3 is 5.11 Å². The molecule has 0 fully saturated rings. The van der Waals surface area contributed by atoms with Gasteiger partial charge in [-0.05, 0) is 0 Å². The highest BCUT2D eigenvalue weighted by Crippen LogP contribution is 2.23. The van der Waals surface area contributed by atoms with Crippen LogP contribution in [0.2, 0.25) is 0 Å². The minimum atomic E-state index is -0.177. The Kier molecular flexibility index (Phi) is 1.51. The molecule has 2 aromatic rings. The van der Waals surface area contributed by atoms with E-state index in [2.05, 4.69) is 5.10 Å². The van der Waals surface area contributed by atoms with Crippen molar-refractivity contribution in [1.82, 2.24) is 9.78 Å². The Bertz CT molecular complexity index is 440. The van der Waals surface area contributed by atoms with E-state index in [1.807, 2.05) is 0 Å². The van der Waals surface area contributed by atoms with Crippen molar-refractivity contribution in [2.75, 3.05) is 0 Å². The Morgan fingerprint density at radius 3 is 2.83 bits per heavy atom. The quantitative estimate of drug-likeness (QED) is 0.689. The maximum Gasteiger partial charge on any atom is 0.271 e. The maximum absolute atomic E-state index is 11.1. The molecule has 2 heterocycles. The number of aromatic nitrogens is 2. The molecule has 0 atom stereocenters. The van der Waals surface area contributed by atoms with Crippen molar-refractivity contribution in [2.24, 2.45) is 0 Å². The second-order valence-corrected chi connectivity index (χ2v) is 3.02. The standard InChI is InChI=1S/C7H6N2O2S/c10-6-4-12-3-5(6)9-7(11)1-2-8-9/h1-4,8,10H. The van der Waals surface area contributed by atoms with Gasteiger partial charge in [0, 0.05) is 23.0 Å². The number of nitrogens with zero attached hydrogens (tertiary/aromatic N) is 1. The number of hydrogen-bond donors (Lipinski definition) is 2. The summed E-state index contributed by atoms with van der Waals surface area (Å²) in [5.74, 6) is 0.115. The van der Waals surface area contributed by atoms with Gasteiger partial charge in [0.2, 0.25) is 0 Å². The first kappa shape index (κ1) is 7.17. The number of nitrogens with one attached hydrogen (secondary N) is 1. The summed E-state index contributed by atoms with van der Waals surface area (Å²) >= 11 is 1.34. The van der Waals surface area contributed by atoms with Gasteiger partial charge in [-0.2, -0.15) is 0 Å². The van der Waals surface area contributed by atoms with Crippen LogP contribution in [0.4, 0.5) is 0 Å². The summed E-state index contributed by atoms with van der Waals surface area (Å²) in [4.78, 5) is 11.1. The lowest BCUT2D eigenvalue weighted by Crippen LogP contribution is -2.12. The molecule has 0 aliphatic heterocycles. The first-order chi connectivity index (χ1) is 5.79. The molecule has 2 rings (SSSR count). The smallest absolute Gasteiger partial charge is 0.271 e. The molecule has 0 saturated carbocycles. The molecular formula is C7H6N2O2S. The van der Waals surface area contributed by atoms with Crippen molar-refractivity contribution in [2.45, 2.75) is 0 Å². The fourth-order valence-corrected chi connectivity index (χ4v) is 1.63. The van der Waals surface area contributed by atoms with Gasteiger partial charge in [0.25, 0.3) is 5.56 Å². The Morgan fingerprint density at radius 1 is 1.50 bits per heavy atom. The first-order valence-electron chi connectivity index (χ1n) is 3.31. The van der Waals surface area contributed by atoms with Crippen LogP contribution in [0.25, 0.3) is 5.69 Å². The number of rotatable bonds is 1. The lowest BCUT2D eigenvalue weighted by atomic mass is 10.5. The number of hydrogen-bond acceptors (Lipinski definition) is 3. The minimum absolute atomic E-state index is 0.115. The predicted octanol–water partition coefficient (Wildman–Crippen LogP) is 0.933. The first-order valence-corrected chi connectivity index (χ1v) is 4.25. The van der Waals surface area contributed by atoms with Crippen molar-refractivity contribution in [3.8, 4) is 11.4 Å². The SMILES string of the molecule is O=c1cc[nH]n1-c1cscc1O. The molecule has 62 valence electrons. The second kappa shape index (κ2) is 2.53. The van der Waals surface area contributed by atoms with Crippen LogP contribution in [0.15, 0.2) is 27.8 Å². The molecule has 2 N–H and O–H groups in total. The van der Waals surface area contributed by atoms with Gasteiger partial charge in [-0.3, -0.25) is 9.89 Å². The van der Waals surface area contributed by atoms with E-state index in [9.17, 15) is 9.90 Å². The van der Waals surface area contributed by atoms with Crippen molar-refractivity contribution >= 4 is 11.3 Å². The molecule has 0 bridgehead atoms. The van der Waals surface area contributed by atoms with Crippen molar-refractivity contribution in [3.63, 3.8) is 0 Å². The van der Waals surface area contributed by atoms with E-state index in [1.165, 1.54) is 28.3 Å². The van der Waals surface area contributed by atoms with E-state index >= 15 is 0 Å². The minimum Gasteiger partial charge on any atom is -0.505 e. The van der Waals surface area contributed by atoms with E-state index < -0.39 is 0 Å². The molecule has 0 amide bonds. The Morgan fingerprint density at radius 2 is 2.33 bits per heavy atom. The number of H-pyrrole nitrogens is 1. The van der Waals surface area contributed by atoms with E-state index in [0.717, 1.165) is 0 Å². The zero-order valence-corrected chi connectivity index (χ0v) is 6.84. The van der Waals surface area contributed by atoms with E-state index in [4.69, 9.17) is 0 Å². The van der Waals surface area contributed by atoms with Crippen LogP contribution in [-0.4, -0.2) is 14.9 Å². The Balaban J connectivity index is 2.65. The molecule has 0 spiro atoms. The Hall–Kier alpha value is -1.49. The molecule has 0 aliphatic rings. The monoisotopic (exact) mass is 182 g/mol. The maximum atomic E-state index is 11.1. The van der Waals surface area contributed by atoms with Gasteiger partial charge in [-0.15, -0.1) is 11.3 Å². The zero-order chi connectivity index (χ0) is 8.55. The molecule has 0 unspecified atom stereocenters. The molecule has 4 nitrogen and oxygen atoms in total. The highest BCUT2D eigenvalue weighted by atomic mass is 32.1. The second-order valence-electron chi connectivity index (χ2n) is 2.28. The fraction of sp³-hybridized carbons (Fsp3) is 0. The molecular weight excluding hydrogens is 176 g/mol. The molecule has 2 aromatic heterocycles. The van der Waals surface area contributed by atoms with Crippen LogP contribution in [0.1, 0.15) is 0 Å². The third-order valence-electron chi connectivity index (χ3n) is 1.51. The van der Waals surface area contributed by atoms with Crippen molar-refractivity contribution in [1.29, 1.82) is 0 Å². The number of thiophene rings is 1. The molecule has 12 heavy (non-hydrogen) atoms. The lowest BCUT2D eigenvalue weighted by molar-refractivity contribution is 0.472. The number of aromatic hydroxyl groups is 1. The zero-order valence-electron chi connectivity index (χ0n) is 6.02. The predicted molar refractivity (Wildman–Crippen MR) is 45.9 cm³/mol. The third kappa shape index (κ3) is 0.947. The van der Waals surface area contributed by atoms with E-state index in [0.29, 0.717) is 5.69 Å². The van der Waals surface area contributed by atoms with Crippen LogP contribution in [0, 0.1) is 0 Å². The van der Waals surface area contributed by atoms with Crippen LogP contribution in [-0.2, 0) is 0 Å². The van der Waals surface area contributed by atoms with Crippen molar-refractivity contribution < 1.29 is 5.11 Å². The summed E-state index contributed by atoms with van der Waals surface area (Å²) < 4.78 is 1.28. The average molecular weight is 182 g/mol. The summed E-state index contributed by atoms with van der Waals surface area (Å²) in [6.45, 7) is 0. The highest BCUT2D eigenvalue weighted by Gasteiger charge is 2.05. The molecule has 0 aliphatic carbocycles. The average Bonchev–Trinajstić information content (AvgIpc) is 2.59. The summed E-state index contributed by atoms with van der Waals surface area (Å²) in [6.07, 6.45) is 1.53. The normalized spacial score (nSPS) is 10.3. The number of aromatic amines is 1. The van der Waals surface area contributed by atoms with Gasteiger partial charge in [0.1, 0.15) is 5.69 Å². The summed E-state index contributed by atoms with van der Waals surface area (Å²) in [5, 5.41) is 15.3. The molecule has 0 aromatic carbocycles. The fourth-order valence-electron chi connectivity index (χ4n) is 0.960. The van der Waals surface area contributed by atoms with Gasteiger partial charge in [-0.1, -0.05) is 0 Å². The van der Waals surface area contributed by atoms with E-state index in [-0.39, 0.29) is 11.3 Å². The summed E-state index contributed by atoms with van der Waals surface area (Å²) in [7, 11) is 0. The Labute approximate surface area is 71.7 Å². The third-order valence-corrected chi connectivity index (χ3v) is 2.23. The van der Waals surface area contributed by atoms with Gasteiger partial charge >= 0.3 is 0 Å². The molecule has 5 heteroatoms. The lowest BCUT2D eigenvalue weighted by Gasteiger charge is -1.96. The van der Waals surface area contributed by atoms with Gasteiger partial charge in [0.05, 0.1) is 0 Å². The molecule has 0 saturated heterocycles. The van der Waals surface area contributed by atoms with Gasteiger partial charge in [0.15, 0.2) is 5.75 Å². The van der Waals surface area contributed by atoms with Crippen LogP contribution in [0.5, 0.6) is 5.75 Å². The van der Waals surface area contributed by atoms with Gasteiger partial charge in [-0.25, -0.2) is 4.68 Å². The summed E-state index contributed by atoms with van der Waals surface area (Å²) in [5.41, 5.74) is 0.318. The largest absolute Gasteiger partial charge is 0.505 e. The van der Waals surface area contributed by atoms with Crippen molar-refractivity contribution in [3.05, 3.63) is 33.4 Å². The highest BCUT2D eigenvalue weighted by molar-refractivity contribution is 7.08. The van der Waals surface area contributed by atoms with E-state index in [1.54, 1.807) is 10.8 Å². The van der Waals surface area contributed by atoms with Crippen LogP contribution < -0.4 is 5.56 Å². The summed E-state index contributed by atoms with van der Waals surface area (Å²) in [6, 6.07) is 1.40. The van der Waals surface area contributed by atoms with Crippen LogP contribution >= 0.6 is 11.3 Å². The topological polar surface area (TPSA) is 58.0 Å². The molecule has 0 radical (unpaired) electrons.